The first kappa shape index (κ1) is 19.0. The molecule has 29 heavy (non-hydrogen) atoms. The van der Waals surface area contributed by atoms with Crippen LogP contribution in [-0.4, -0.2) is 39.8 Å². The van der Waals surface area contributed by atoms with Gasteiger partial charge in [-0.25, -0.2) is 18.8 Å². The Bertz CT molecular complexity index is 1130. The number of halogens is 1. The summed E-state index contributed by atoms with van der Waals surface area (Å²) in [7, 11) is -1.94. The molecule has 11 heteroatoms. The van der Waals surface area contributed by atoms with Crippen LogP contribution >= 0.6 is 15.9 Å². The fraction of sp³-hybridized carbons (Fsp3) is 0.444. The van der Waals surface area contributed by atoms with E-state index in [1.807, 2.05) is 0 Å². The molecule has 154 valence electrons. The van der Waals surface area contributed by atoms with Crippen molar-refractivity contribution in [2.45, 2.75) is 43.2 Å². The molecule has 1 aromatic carbocycles. The Labute approximate surface area is 176 Å². The van der Waals surface area contributed by atoms with Crippen molar-refractivity contribution in [3.8, 4) is 5.88 Å². The molecule has 0 saturated heterocycles. The molecule has 2 heterocycles. The van der Waals surface area contributed by atoms with Gasteiger partial charge < -0.3 is 14.8 Å². The molecule has 0 bridgehead atoms. The number of rotatable bonds is 4. The van der Waals surface area contributed by atoms with Gasteiger partial charge in [0.25, 0.3) is 0 Å². The largest absolute Gasteiger partial charge is 0.469 e. The molecule has 2 atom stereocenters. The van der Waals surface area contributed by atoms with Gasteiger partial charge in [-0.15, -0.1) is 4.36 Å². The number of anilines is 1. The number of hydrogen-bond donors (Lipinski definition) is 2. The van der Waals surface area contributed by atoms with Crippen molar-refractivity contribution >= 4 is 37.6 Å². The highest BCUT2D eigenvalue weighted by Gasteiger charge is 2.33. The predicted octanol–water partition coefficient (Wildman–Crippen LogP) is 2.18. The maximum Gasteiger partial charge on any atom is 0.354 e. The zero-order chi connectivity index (χ0) is 20.3. The third-order valence-electron chi connectivity index (χ3n) is 5.64. The molecular formula is C18H20BrN5O4S. The summed E-state index contributed by atoms with van der Waals surface area (Å²) in [5.74, 6) is 0.271. The third-order valence-corrected chi connectivity index (χ3v) is 7.95. The Hall–Kier alpha value is -1.95. The summed E-state index contributed by atoms with van der Waals surface area (Å²) >= 11 is 3.67. The van der Waals surface area contributed by atoms with E-state index in [1.54, 1.807) is 11.8 Å². The molecule has 2 amide bonds. The highest BCUT2D eigenvalue weighted by Crippen LogP contribution is 2.46. The minimum absolute atomic E-state index is 0.114. The van der Waals surface area contributed by atoms with E-state index in [0.29, 0.717) is 13.2 Å². The molecule has 2 aliphatic carbocycles. The molecule has 1 aliphatic heterocycles. The van der Waals surface area contributed by atoms with Gasteiger partial charge in [0.05, 0.1) is 19.3 Å². The maximum absolute atomic E-state index is 13.0. The molecule has 0 saturated carbocycles. The number of nitrogens with two attached hydrogens (primary N) is 1. The zero-order valence-corrected chi connectivity index (χ0v) is 18.1. The van der Waals surface area contributed by atoms with Crippen LogP contribution in [0.4, 0.5) is 10.5 Å². The number of carbonyl (C=O) groups is 1. The van der Waals surface area contributed by atoms with Crippen LogP contribution in [0.3, 0.4) is 0 Å². The van der Waals surface area contributed by atoms with Crippen molar-refractivity contribution < 1.29 is 18.5 Å². The number of nitrogens with zero attached hydrogens (tertiary/aromatic N) is 3. The molecule has 3 N–H and O–H groups in total. The SMILES string of the molecule is COC[C@H]1Cn2ncc(S(N)(=O)=NC(=O)Nc3c4c(c(Br)c5c3CC5)CC4)c2O1. The topological polar surface area (TPSA) is 121 Å². The normalized spacial score (nSPS) is 20.3. The number of ether oxygens (including phenoxy) is 2. The molecule has 1 unspecified atom stereocenters. The van der Waals surface area contributed by atoms with Gasteiger partial charge in [0.2, 0.25) is 5.88 Å². The fourth-order valence-electron chi connectivity index (χ4n) is 4.07. The first-order chi connectivity index (χ1) is 13.9. The quantitative estimate of drug-likeness (QED) is 0.692. The van der Waals surface area contributed by atoms with Crippen LogP contribution in [0.25, 0.3) is 0 Å². The van der Waals surface area contributed by atoms with Crippen LogP contribution in [0.5, 0.6) is 5.88 Å². The second-order valence-corrected chi connectivity index (χ2v) is 9.94. The standard InChI is InChI=1S/C18H20BrN5O4S/c1-27-8-9-7-24-17(28-9)14(6-21-24)29(20,26)23-18(25)22-16-12-4-2-10(12)15(19)11-3-5-13(11)16/h6,9H,2-5,7-8H2,1H3,(H3,20,22,23,25,26)/t9-,29?/m1/s1. The van der Waals surface area contributed by atoms with Gasteiger partial charge in [-0.2, -0.15) is 5.10 Å². The summed E-state index contributed by atoms with van der Waals surface area (Å²) in [6, 6.07) is -0.727. The molecule has 0 radical (unpaired) electrons. The van der Waals surface area contributed by atoms with Crippen LogP contribution < -0.4 is 15.2 Å². The van der Waals surface area contributed by atoms with Crippen LogP contribution in [0, 0.1) is 0 Å². The average molecular weight is 482 g/mol. The van der Waals surface area contributed by atoms with Crippen LogP contribution in [0.15, 0.2) is 19.9 Å². The summed E-state index contributed by atoms with van der Waals surface area (Å²) in [5.41, 5.74) is 5.52. The number of aromatic nitrogens is 2. The van der Waals surface area contributed by atoms with Gasteiger partial charge in [0, 0.05) is 17.3 Å². The minimum Gasteiger partial charge on any atom is -0.469 e. The minimum atomic E-state index is -3.51. The third kappa shape index (κ3) is 2.98. The van der Waals surface area contributed by atoms with Gasteiger partial charge in [0.15, 0.2) is 9.92 Å². The van der Waals surface area contributed by atoms with Crippen molar-refractivity contribution in [3.63, 3.8) is 0 Å². The van der Waals surface area contributed by atoms with Crippen molar-refractivity contribution in [1.29, 1.82) is 0 Å². The number of methoxy groups -OCH3 is 1. The van der Waals surface area contributed by atoms with Crippen LogP contribution in [0.1, 0.15) is 22.3 Å². The van der Waals surface area contributed by atoms with Crippen molar-refractivity contribution in [2.24, 2.45) is 9.50 Å². The van der Waals surface area contributed by atoms with Crippen molar-refractivity contribution in [1.82, 2.24) is 9.78 Å². The van der Waals surface area contributed by atoms with E-state index < -0.39 is 15.9 Å². The highest BCUT2D eigenvalue weighted by atomic mass is 79.9. The van der Waals surface area contributed by atoms with Gasteiger partial charge in [-0.1, -0.05) is 15.9 Å². The Morgan fingerprint density at radius 3 is 2.62 bits per heavy atom. The molecule has 3 aliphatic rings. The van der Waals surface area contributed by atoms with Gasteiger partial charge in [0.1, 0.15) is 11.0 Å². The fourth-order valence-corrected chi connectivity index (χ4v) is 5.94. The Morgan fingerprint density at radius 2 is 2.03 bits per heavy atom. The molecule has 9 nitrogen and oxygen atoms in total. The van der Waals surface area contributed by atoms with Gasteiger partial charge >= 0.3 is 6.03 Å². The van der Waals surface area contributed by atoms with E-state index in [4.69, 9.17) is 14.6 Å². The van der Waals surface area contributed by atoms with E-state index in [-0.39, 0.29) is 16.9 Å². The van der Waals surface area contributed by atoms with E-state index in [1.165, 1.54) is 17.3 Å². The lowest BCUT2D eigenvalue weighted by Gasteiger charge is -2.33. The maximum atomic E-state index is 13.0. The molecule has 0 spiro atoms. The van der Waals surface area contributed by atoms with E-state index in [9.17, 15) is 9.00 Å². The molecular weight excluding hydrogens is 462 g/mol. The smallest absolute Gasteiger partial charge is 0.354 e. The number of hydrogen-bond acceptors (Lipinski definition) is 5. The number of benzene rings is 1. The molecule has 1 aromatic heterocycles. The number of urea groups is 1. The monoisotopic (exact) mass is 481 g/mol. The number of amides is 2. The number of carbonyl (C=O) groups excluding carboxylic acids is 1. The summed E-state index contributed by atoms with van der Waals surface area (Å²) in [6.07, 6.45) is 4.88. The van der Waals surface area contributed by atoms with Crippen molar-refractivity contribution in [2.75, 3.05) is 19.0 Å². The van der Waals surface area contributed by atoms with Crippen LogP contribution in [-0.2, 0) is 46.9 Å². The lowest BCUT2D eigenvalue weighted by atomic mass is 9.76. The van der Waals surface area contributed by atoms with Crippen LogP contribution in [0.2, 0.25) is 0 Å². The molecule has 0 fully saturated rings. The summed E-state index contributed by atoms with van der Waals surface area (Å²) in [6.45, 7) is 0.827. The first-order valence-electron chi connectivity index (χ1n) is 9.31. The lowest BCUT2D eigenvalue weighted by molar-refractivity contribution is 0.0920. The second-order valence-electron chi connectivity index (χ2n) is 7.38. The summed E-state index contributed by atoms with van der Waals surface area (Å²) in [4.78, 5) is 12.7. The second kappa shape index (κ2) is 6.79. The lowest BCUT2D eigenvalue weighted by Crippen LogP contribution is -2.25. The predicted molar refractivity (Wildman–Crippen MR) is 110 cm³/mol. The molecule has 5 rings (SSSR count). The van der Waals surface area contributed by atoms with Gasteiger partial charge in [-0.05, 0) is 47.9 Å². The summed E-state index contributed by atoms with van der Waals surface area (Å²) in [5, 5.41) is 12.9. The van der Waals surface area contributed by atoms with Gasteiger partial charge in [-0.3, -0.25) is 0 Å². The van der Waals surface area contributed by atoms with E-state index >= 15 is 0 Å². The molecule has 2 aromatic rings. The van der Waals surface area contributed by atoms with E-state index in [0.717, 1.165) is 47.0 Å². The Morgan fingerprint density at radius 1 is 1.38 bits per heavy atom. The zero-order valence-electron chi connectivity index (χ0n) is 15.7. The van der Waals surface area contributed by atoms with E-state index in [2.05, 4.69) is 30.7 Å². The average Bonchev–Trinajstić information content (AvgIpc) is 3.11. The number of fused-ring (bicyclic) bond motifs is 3. The highest BCUT2D eigenvalue weighted by molar-refractivity contribution is 9.10. The Balaban J connectivity index is 1.43. The summed E-state index contributed by atoms with van der Waals surface area (Å²) < 4.78 is 30.4. The van der Waals surface area contributed by atoms with Crippen molar-refractivity contribution in [3.05, 3.63) is 32.9 Å². The number of nitrogens with one attached hydrogen (secondary N) is 1. The Kier molecular flexibility index (Phi) is 4.46. The first-order valence-corrected chi connectivity index (χ1v) is 11.7.